The zero-order chi connectivity index (χ0) is 73.3. The lowest BCUT2D eigenvalue weighted by molar-refractivity contribution is -0.402. The summed E-state index contributed by atoms with van der Waals surface area (Å²) in [7, 11) is 0. The number of allylic oxidation sites excluding steroid dienone is 6. The first-order valence-corrected chi connectivity index (χ1v) is 25.6. The van der Waals surface area contributed by atoms with E-state index in [-0.39, 0.29) is 31.1 Å². The molecule has 0 saturated heterocycles. The third-order valence-corrected chi connectivity index (χ3v) is 15.7. The summed E-state index contributed by atoms with van der Waals surface area (Å²) in [4.78, 5) is 47.4. The fraction of sp³-hybridized carbons (Fsp3) is 0.792. The number of carbonyl (C=O) groups excluding carboxylic acids is 4. The minimum absolute atomic E-state index is 0.0812. The molecule has 6 aliphatic rings. The van der Waals surface area contributed by atoms with Crippen molar-refractivity contribution in [3.63, 3.8) is 0 Å². The minimum Gasteiger partial charge on any atom is -0.465 e. The summed E-state index contributed by atoms with van der Waals surface area (Å²) in [6.07, 6.45) is -69.2. The molecule has 0 radical (unpaired) electrons. The highest BCUT2D eigenvalue weighted by molar-refractivity contribution is 5.81. The maximum Gasteiger partial charge on any atom is 0.453 e. The molecule has 0 aliphatic heterocycles. The van der Waals surface area contributed by atoms with Crippen molar-refractivity contribution in [3.05, 3.63) is 36.5 Å². The van der Waals surface area contributed by atoms with Gasteiger partial charge in [-0.15, -0.1) is 0 Å². The van der Waals surface area contributed by atoms with E-state index in [1.165, 1.54) is 18.2 Å². The summed E-state index contributed by atoms with van der Waals surface area (Å²) in [5, 5.41) is 26.7. The molecular formula is C48H41F35O11. The summed E-state index contributed by atoms with van der Waals surface area (Å²) >= 11 is 0. The van der Waals surface area contributed by atoms with Gasteiger partial charge in [0.15, 0.2) is 0 Å². The van der Waals surface area contributed by atoms with Gasteiger partial charge in [-0.25, -0.2) is 44.3 Å². The molecular weight excluding hydrogens is 1420 g/mol. The molecule has 3 saturated carbocycles. The molecule has 0 aromatic rings. The van der Waals surface area contributed by atoms with Gasteiger partial charge in [-0.05, 0) is 68.1 Å². The van der Waals surface area contributed by atoms with Gasteiger partial charge in [-0.1, -0.05) is 36.5 Å². The van der Waals surface area contributed by atoms with Gasteiger partial charge < -0.3 is 34.3 Å². The molecule has 0 amide bonds. The maximum absolute atomic E-state index is 14.7. The first-order chi connectivity index (χ1) is 41.8. The molecule has 15 unspecified atom stereocenters. The van der Waals surface area contributed by atoms with Crippen LogP contribution in [0, 0.1) is 47.3 Å². The van der Waals surface area contributed by atoms with Crippen LogP contribution in [0.3, 0.4) is 0 Å². The lowest BCUT2D eigenvalue weighted by atomic mass is 9.85. The summed E-state index contributed by atoms with van der Waals surface area (Å²) < 4.78 is 475. The van der Waals surface area contributed by atoms with E-state index in [4.69, 9.17) is 15.3 Å². The van der Waals surface area contributed by atoms with Crippen LogP contribution in [0.1, 0.15) is 51.4 Å². The topological polar surface area (TPSA) is 166 Å². The van der Waals surface area contributed by atoms with Gasteiger partial charge in [-0.3, -0.25) is 14.4 Å². The van der Waals surface area contributed by atoms with Crippen LogP contribution in [0.2, 0.25) is 0 Å². The van der Waals surface area contributed by atoms with E-state index in [1.807, 2.05) is 6.08 Å². The Morgan fingerprint density at radius 2 is 0.798 bits per heavy atom. The predicted octanol–water partition coefficient (Wildman–Crippen LogP) is 13.3. The smallest absolute Gasteiger partial charge is 0.453 e. The zero-order valence-corrected chi connectivity index (χ0v) is 45.2. The first-order valence-electron chi connectivity index (χ1n) is 25.6. The second-order valence-corrected chi connectivity index (χ2v) is 22.0. The Labute approximate surface area is 499 Å². The van der Waals surface area contributed by atoms with E-state index in [9.17, 15) is 173 Å². The van der Waals surface area contributed by atoms with Crippen LogP contribution in [0.5, 0.6) is 0 Å². The standard InChI is InChI=1S/C17H14F14O3.C17H16F10O5.C14H11F11O3/c18-11(19)14(33,17(29,30)31)15(24,25)10(12(20,21)5-13(22,23)16(26,27)28)34-9(32)8-4-6-1-2-7(8)3-6;18-13(19)14(30,17(25,26)27)15(20,21)12(16(22,23)24)32-10(28)3-4-31-11(29)9-6-7-1-2-8(9)5-7;15-8(16)11(27,14(23,24)25)12(18,19)7(13(20,21)22)28-9(26)10(17)4-5-1-2-6(10)3-5/h1-2,6-8,10-11,33H,3-5H2;1-2,7-9,12-13,30H,3-6H2;1-2,5-8,27H,3-4H2. The van der Waals surface area contributed by atoms with Crippen molar-refractivity contribution in [3.8, 4) is 0 Å². The zero-order valence-electron chi connectivity index (χ0n) is 45.2. The molecule has 6 rings (SSSR count). The van der Waals surface area contributed by atoms with E-state index in [0.717, 1.165) is 6.08 Å². The van der Waals surface area contributed by atoms with E-state index in [1.54, 1.807) is 6.08 Å². The van der Waals surface area contributed by atoms with E-state index < -0.39 is 212 Å². The number of fused-ring (bicyclic) bond motifs is 6. The van der Waals surface area contributed by atoms with Gasteiger partial charge in [0.1, 0.15) is 6.61 Å². The summed E-state index contributed by atoms with van der Waals surface area (Å²) in [5.74, 6) is -46.7. The minimum atomic E-state index is -7.13. The van der Waals surface area contributed by atoms with Crippen LogP contribution in [0.15, 0.2) is 36.5 Å². The predicted molar refractivity (Wildman–Crippen MR) is 231 cm³/mol. The second-order valence-electron chi connectivity index (χ2n) is 22.0. The fourth-order valence-corrected chi connectivity index (χ4v) is 10.7. The number of halogens is 35. The van der Waals surface area contributed by atoms with Crippen LogP contribution < -0.4 is 0 Å². The molecule has 11 nitrogen and oxygen atoms in total. The van der Waals surface area contributed by atoms with E-state index in [0.29, 0.717) is 12.8 Å². The summed E-state index contributed by atoms with van der Waals surface area (Å²) in [6.45, 7) is -0.955. The third-order valence-electron chi connectivity index (χ3n) is 15.7. The molecule has 3 fully saturated rings. The van der Waals surface area contributed by atoms with Crippen LogP contribution >= 0.6 is 0 Å². The molecule has 0 heterocycles. The molecule has 15 atom stereocenters. The molecule has 0 spiro atoms. The number of ether oxygens (including phenoxy) is 4. The highest BCUT2D eigenvalue weighted by atomic mass is 19.4. The van der Waals surface area contributed by atoms with Crippen molar-refractivity contribution in [1.82, 2.24) is 0 Å². The van der Waals surface area contributed by atoms with Crippen molar-refractivity contribution in [2.24, 2.45) is 47.3 Å². The molecule has 46 heteroatoms. The van der Waals surface area contributed by atoms with Crippen molar-refractivity contribution in [2.45, 2.75) is 178 Å². The third kappa shape index (κ3) is 15.3. The van der Waals surface area contributed by atoms with Gasteiger partial charge in [0.05, 0.1) is 24.7 Å². The largest absolute Gasteiger partial charge is 0.465 e. The molecule has 0 aromatic heterocycles. The van der Waals surface area contributed by atoms with Gasteiger partial charge >= 0.3 is 84.6 Å². The second kappa shape index (κ2) is 26.4. The Hall–Kier alpha value is -5.47. The molecule has 3 N–H and O–H groups in total. The number of carbonyl (C=O) groups is 4. The Balaban J connectivity index is 0.000000302. The fourth-order valence-electron chi connectivity index (χ4n) is 10.7. The summed E-state index contributed by atoms with van der Waals surface area (Å²) in [5.41, 5.74) is -22.9. The normalized spacial score (nSPS) is 27.8. The van der Waals surface area contributed by atoms with Crippen LogP contribution in [0.25, 0.3) is 0 Å². The quantitative estimate of drug-likeness (QED) is 0.0433. The van der Waals surface area contributed by atoms with Crippen LogP contribution in [-0.2, 0) is 38.1 Å². The van der Waals surface area contributed by atoms with Crippen molar-refractivity contribution >= 4 is 23.9 Å². The van der Waals surface area contributed by atoms with Crippen molar-refractivity contribution < 1.29 is 207 Å². The van der Waals surface area contributed by atoms with Crippen LogP contribution in [-0.4, -0.2) is 173 Å². The Kier molecular flexibility index (Phi) is 22.7. The number of hydrogen-bond donors (Lipinski definition) is 3. The highest BCUT2D eigenvalue weighted by Crippen LogP contribution is 2.58. The number of rotatable bonds is 21. The number of aliphatic hydroxyl groups is 3. The maximum atomic E-state index is 14.7. The molecule has 6 bridgehead atoms. The molecule has 6 aliphatic carbocycles. The van der Waals surface area contributed by atoms with Gasteiger partial charge in [0.25, 0.3) is 54.2 Å². The Morgan fingerprint density at radius 3 is 1.10 bits per heavy atom. The van der Waals surface area contributed by atoms with Gasteiger partial charge in [0, 0.05) is 5.92 Å². The lowest BCUT2D eigenvalue weighted by Gasteiger charge is -2.42. The first kappa shape index (κ1) is 81.0. The Bertz CT molecular complexity index is 2790. The average Bonchev–Trinajstić information content (AvgIpc) is 0.989. The average molecular weight is 1460 g/mol. The summed E-state index contributed by atoms with van der Waals surface area (Å²) in [6, 6.07) is 0. The molecule has 0 aromatic carbocycles. The van der Waals surface area contributed by atoms with E-state index >= 15 is 0 Å². The van der Waals surface area contributed by atoms with Crippen LogP contribution in [0.4, 0.5) is 154 Å². The Morgan fingerprint density at radius 1 is 0.436 bits per heavy atom. The lowest BCUT2D eigenvalue weighted by Crippen LogP contribution is -2.71. The van der Waals surface area contributed by atoms with Gasteiger partial charge in [-0.2, -0.15) is 114 Å². The monoisotopic (exact) mass is 1460 g/mol. The number of hydrogen-bond acceptors (Lipinski definition) is 11. The van der Waals surface area contributed by atoms with Crippen molar-refractivity contribution in [2.75, 3.05) is 6.61 Å². The van der Waals surface area contributed by atoms with Gasteiger partial charge in [0.2, 0.25) is 11.8 Å². The highest BCUT2D eigenvalue weighted by Gasteiger charge is 2.84. The molecule has 94 heavy (non-hydrogen) atoms. The van der Waals surface area contributed by atoms with E-state index in [2.05, 4.69) is 18.9 Å². The number of esters is 4. The SMILES string of the molecule is O=C(CCOC(=O)C1CC2C=CC1C2)OC(C(F)(F)F)C(F)(F)C(O)(C(F)F)C(F)(F)F.O=C(OC(C(F)(F)CC(F)(F)C(F)(F)F)C(F)(F)C(O)(C(F)F)C(F)(F)F)C1CC2C=CC1C2.O=C(OC(C(F)(F)F)C(F)(F)C(O)(C(F)F)C(F)(F)F)C1(F)CC2C=CC1C2. The molecule has 544 valence electrons. The van der Waals surface area contributed by atoms with Crippen molar-refractivity contribution in [1.29, 1.82) is 0 Å². The number of alkyl halides is 35.